The molecule has 0 bridgehead atoms. The quantitative estimate of drug-likeness (QED) is 0.0272. The van der Waals surface area contributed by atoms with Crippen molar-refractivity contribution in [2.75, 3.05) is 40.9 Å². The van der Waals surface area contributed by atoms with Crippen LogP contribution in [0.15, 0.2) is 97.2 Å². The van der Waals surface area contributed by atoms with E-state index in [0.717, 1.165) is 89.9 Å². The van der Waals surface area contributed by atoms with Gasteiger partial charge in [0.25, 0.3) is 7.82 Å². The molecule has 0 fully saturated rings. The van der Waals surface area contributed by atoms with Crippen molar-refractivity contribution in [1.82, 2.24) is 5.32 Å². The predicted molar refractivity (Wildman–Crippen MR) is 329 cm³/mol. The van der Waals surface area contributed by atoms with E-state index in [9.17, 15) is 19.4 Å². The Kier molecular flexibility index (Phi) is 55.2. The highest BCUT2D eigenvalue weighted by Gasteiger charge is 2.24. The van der Waals surface area contributed by atoms with Crippen LogP contribution < -0.4 is 10.2 Å². The summed E-state index contributed by atoms with van der Waals surface area (Å²) in [5, 5.41) is 14.0. The molecular formula is C67H121N2O6P. The van der Waals surface area contributed by atoms with Gasteiger partial charge < -0.3 is 28.8 Å². The largest absolute Gasteiger partial charge is 0.756 e. The molecule has 0 aliphatic carbocycles. The Morgan fingerprint density at radius 3 is 1.17 bits per heavy atom. The molecule has 0 aromatic carbocycles. The number of nitrogens with zero attached hydrogens (tertiary/aromatic N) is 1. The molecule has 8 nitrogen and oxygen atoms in total. The molecule has 9 heteroatoms. The van der Waals surface area contributed by atoms with Crippen LogP contribution in [0.25, 0.3) is 0 Å². The number of likely N-dealkylation sites (N-methyl/N-ethyl adjacent to an activating group) is 1. The molecule has 2 N–H and O–H groups in total. The Hall–Kier alpha value is -2.58. The maximum absolute atomic E-state index is 13.0. The van der Waals surface area contributed by atoms with Gasteiger partial charge in [0.05, 0.1) is 39.9 Å². The van der Waals surface area contributed by atoms with Crippen LogP contribution in [0.3, 0.4) is 0 Å². The average Bonchev–Trinajstić information content (AvgIpc) is 3.38. The number of carbonyl (C=O) groups is 1. The van der Waals surface area contributed by atoms with E-state index in [1.54, 1.807) is 0 Å². The van der Waals surface area contributed by atoms with E-state index in [0.29, 0.717) is 23.9 Å². The molecule has 0 aliphatic heterocycles. The lowest BCUT2D eigenvalue weighted by atomic mass is 10.0. The number of unbranched alkanes of at least 4 members (excludes halogenated alkanes) is 28. The fourth-order valence-electron chi connectivity index (χ4n) is 8.94. The predicted octanol–water partition coefficient (Wildman–Crippen LogP) is 19.1. The van der Waals surface area contributed by atoms with Crippen molar-refractivity contribution in [1.29, 1.82) is 0 Å². The van der Waals surface area contributed by atoms with Crippen molar-refractivity contribution in [3.8, 4) is 0 Å². The van der Waals surface area contributed by atoms with Gasteiger partial charge in [0.15, 0.2) is 0 Å². The molecule has 0 rings (SSSR count). The number of aliphatic hydroxyl groups is 1. The second-order valence-corrected chi connectivity index (χ2v) is 23.8. The first-order valence-electron chi connectivity index (χ1n) is 31.6. The van der Waals surface area contributed by atoms with Crippen LogP contribution in [-0.2, 0) is 18.4 Å². The highest BCUT2D eigenvalue weighted by molar-refractivity contribution is 7.45. The first-order valence-corrected chi connectivity index (χ1v) is 33.0. The number of amides is 1. The molecule has 0 saturated carbocycles. The van der Waals surface area contributed by atoms with Gasteiger partial charge in [-0.1, -0.05) is 284 Å². The van der Waals surface area contributed by atoms with Gasteiger partial charge in [-0.2, -0.15) is 0 Å². The van der Waals surface area contributed by atoms with Gasteiger partial charge in [0, 0.05) is 6.42 Å². The summed E-state index contributed by atoms with van der Waals surface area (Å²) in [6, 6.07) is -0.807. The average molecular weight is 1080 g/mol. The molecule has 0 aliphatic rings. The Morgan fingerprint density at radius 2 is 0.803 bits per heavy atom. The molecule has 0 heterocycles. The lowest BCUT2D eigenvalue weighted by Crippen LogP contribution is -2.46. The summed E-state index contributed by atoms with van der Waals surface area (Å²) < 4.78 is 23.4. The third-order valence-corrected chi connectivity index (χ3v) is 14.8. The van der Waals surface area contributed by atoms with Crippen molar-refractivity contribution in [3.05, 3.63) is 97.2 Å². The van der Waals surface area contributed by atoms with Crippen LogP contribution in [0, 0.1) is 0 Å². The monoisotopic (exact) mass is 1080 g/mol. The third-order valence-electron chi connectivity index (χ3n) is 13.8. The highest BCUT2D eigenvalue weighted by Crippen LogP contribution is 2.38. The molecule has 3 unspecified atom stereocenters. The summed E-state index contributed by atoms with van der Waals surface area (Å²) >= 11 is 0. The van der Waals surface area contributed by atoms with Gasteiger partial charge in [-0.15, -0.1) is 0 Å². The van der Waals surface area contributed by atoms with E-state index in [2.05, 4.69) is 116 Å². The summed E-state index contributed by atoms with van der Waals surface area (Å²) in [5.41, 5.74) is 0. The molecule has 0 spiro atoms. The van der Waals surface area contributed by atoms with Crippen molar-refractivity contribution < 1.29 is 32.9 Å². The van der Waals surface area contributed by atoms with Gasteiger partial charge in [0.2, 0.25) is 5.91 Å². The number of hydrogen-bond donors (Lipinski definition) is 2. The third kappa shape index (κ3) is 59.1. The Balaban J connectivity index is 4.07. The number of allylic oxidation sites excluding steroid dienone is 16. The zero-order valence-electron chi connectivity index (χ0n) is 50.2. The normalized spacial score (nSPS) is 14.5. The summed E-state index contributed by atoms with van der Waals surface area (Å²) in [6.45, 7) is 4.62. The number of rotatable bonds is 57. The summed E-state index contributed by atoms with van der Waals surface area (Å²) in [5.74, 6) is -0.168. The molecular weight excluding hydrogens is 960 g/mol. The van der Waals surface area contributed by atoms with E-state index in [1.165, 1.54) is 154 Å². The fraction of sp³-hybridized carbons (Fsp3) is 0.746. The maximum Gasteiger partial charge on any atom is 0.268 e. The lowest BCUT2D eigenvalue weighted by molar-refractivity contribution is -0.870. The van der Waals surface area contributed by atoms with Crippen molar-refractivity contribution in [2.24, 2.45) is 0 Å². The van der Waals surface area contributed by atoms with E-state index in [-0.39, 0.29) is 19.1 Å². The minimum Gasteiger partial charge on any atom is -0.756 e. The molecule has 1 amide bonds. The fourth-order valence-corrected chi connectivity index (χ4v) is 9.66. The van der Waals surface area contributed by atoms with Crippen LogP contribution >= 0.6 is 7.82 Å². The van der Waals surface area contributed by atoms with Gasteiger partial charge >= 0.3 is 0 Å². The molecule has 3 atom stereocenters. The van der Waals surface area contributed by atoms with Crippen LogP contribution in [0.1, 0.15) is 271 Å². The van der Waals surface area contributed by atoms with Gasteiger partial charge in [-0.3, -0.25) is 9.36 Å². The molecule has 0 saturated heterocycles. The lowest BCUT2D eigenvalue weighted by Gasteiger charge is -2.30. The molecule has 76 heavy (non-hydrogen) atoms. The number of hydrogen-bond acceptors (Lipinski definition) is 6. The number of phosphoric acid groups is 1. The van der Waals surface area contributed by atoms with E-state index < -0.39 is 20.0 Å². The summed E-state index contributed by atoms with van der Waals surface area (Å²) in [7, 11) is 1.30. The first kappa shape index (κ1) is 73.4. The molecule has 440 valence electrons. The van der Waals surface area contributed by atoms with Crippen LogP contribution in [0.2, 0.25) is 0 Å². The van der Waals surface area contributed by atoms with Crippen molar-refractivity contribution >= 4 is 13.7 Å². The molecule has 0 aromatic heterocycles. The summed E-state index contributed by atoms with van der Waals surface area (Å²) in [4.78, 5) is 25.6. The van der Waals surface area contributed by atoms with Crippen LogP contribution in [0.5, 0.6) is 0 Å². The van der Waals surface area contributed by atoms with E-state index >= 15 is 0 Å². The number of quaternary nitrogens is 1. The standard InChI is InChI=1S/C67H121N2O6P/c1-6-8-10-12-14-16-18-20-22-24-25-26-27-28-29-30-31-32-33-34-35-36-37-38-39-40-41-42-43-45-47-49-51-53-55-57-59-61-67(71)68-65(64-75-76(72,73)74-63-62-69(3,4)5)66(70)60-58-56-54-52-50-48-46-44-23-21-19-17-15-13-11-9-7-2/h8,10,14,16,20,22,25-26,28-29,31-32,34-35,37-38,65-66,70H,6-7,9,11-13,15,17-19,21,23-24,27,30,33,36,39-64H2,1-5H3,(H-,68,71,72,73)/b10-8-,16-14-,22-20-,26-25-,29-28-,32-31-,35-34-,38-37-. The summed E-state index contributed by atoms with van der Waals surface area (Å²) in [6.07, 6.45) is 81.6. The van der Waals surface area contributed by atoms with Crippen molar-refractivity contribution in [3.63, 3.8) is 0 Å². The minimum absolute atomic E-state index is 0.00886. The van der Waals surface area contributed by atoms with Crippen LogP contribution in [-0.4, -0.2) is 68.5 Å². The highest BCUT2D eigenvalue weighted by atomic mass is 31.2. The number of carbonyl (C=O) groups excluding carboxylic acids is 1. The minimum atomic E-state index is -4.58. The van der Waals surface area contributed by atoms with Crippen LogP contribution in [0.4, 0.5) is 0 Å². The topological polar surface area (TPSA) is 108 Å². The SMILES string of the molecule is CC/C=C\C/C=C\C/C=C\C/C=C\C/C=C\C/C=C\C/C=C\C/C=C\CCCCCCCCCCCCCCC(=O)NC(COP(=O)([O-])OCC[N+](C)(C)C)C(O)CCCCCCCCCCCCCCCCCCC. The van der Waals surface area contributed by atoms with E-state index in [1.807, 2.05) is 21.1 Å². The first-order chi connectivity index (χ1) is 37.0. The Labute approximate surface area is 470 Å². The Bertz CT molecular complexity index is 1560. The van der Waals surface area contributed by atoms with Gasteiger partial charge in [-0.05, 0) is 77.0 Å². The zero-order chi connectivity index (χ0) is 55.6. The second kappa shape index (κ2) is 57.1. The smallest absolute Gasteiger partial charge is 0.268 e. The number of phosphoric ester groups is 1. The maximum atomic E-state index is 13.0. The number of nitrogens with one attached hydrogen (secondary N) is 1. The Morgan fingerprint density at radius 1 is 0.474 bits per heavy atom. The second-order valence-electron chi connectivity index (χ2n) is 22.4. The molecule has 0 aromatic rings. The number of aliphatic hydroxyl groups excluding tert-OH is 1. The van der Waals surface area contributed by atoms with Gasteiger partial charge in [-0.25, -0.2) is 0 Å². The zero-order valence-corrected chi connectivity index (χ0v) is 51.1. The van der Waals surface area contributed by atoms with Gasteiger partial charge in [0.1, 0.15) is 13.2 Å². The molecule has 0 radical (unpaired) electrons. The van der Waals surface area contributed by atoms with Crippen molar-refractivity contribution in [2.45, 2.75) is 283 Å². The van der Waals surface area contributed by atoms with E-state index in [4.69, 9.17) is 9.05 Å².